The zero-order valence-electron chi connectivity index (χ0n) is 13.9. The lowest BCUT2D eigenvalue weighted by Crippen LogP contribution is -2.49. The molecule has 2 aliphatic heterocycles. The van der Waals surface area contributed by atoms with Crippen LogP contribution in [-0.4, -0.2) is 79.9 Å². The van der Waals surface area contributed by atoms with Crippen molar-refractivity contribution in [2.75, 3.05) is 37.7 Å². The van der Waals surface area contributed by atoms with Crippen LogP contribution in [0, 0.1) is 0 Å². The van der Waals surface area contributed by atoms with Crippen LogP contribution in [0.4, 0.5) is 0 Å². The minimum atomic E-state index is -2.96. The second-order valence-electron chi connectivity index (χ2n) is 6.52. The Labute approximate surface area is 137 Å². The lowest BCUT2D eigenvalue weighted by atomic mass is 9.97. The molecule has 0 aromatic heterocycles. The van der Waals surface area contributed by atoms with Gasteiger partial charge in [0.15, 0.2) is 16.4 Å². The molecular weight excluding hydrogens is 320 g/mol. The Balaban J connectivity index is 1.74. The van der Waals surface area contributed by atoms with Crippen LogP contribution in [0.1, 0.15) is 33.1 Å². The van der Waals surface area contributed by atoms with Gasteiger partial charge in [0.2, 0.25) is 0 Å². The molecule has 2 fully saturated rings. The van der Waals surface area contributed by atoms with Gasteiger partial charge in [-0.1, -0.05) is 0 Å². The highest BCUT2D eigenvalue weighted by Crippen LogP contribution is 2.22. The van der Waals surface area contributed by atoms with Crippen molar-refractivity contribution in [3.05, 3.63) is 0 Å². The summed E-state index contributed by atoms with van der Waals surface area (Å²) >= 11 is 0. The van der Waals surface area contributed by atoms with Gasteiger partial charge in [0.05, 0.1) is 18.1 Å². The van der Waals surface area contributed by atoms with Crippen molar-refractivity contribution in [2.45, 2.75) is 45.2 Å². The Kier molecular flexibility index (Phi) is 6.02. The maximum Gasteiger partial charge on any atom is 0.320 e. The summed E-state index contributed by atoms with van der Waals surface area (Å²) < 4.78 is 27.8. The van der Waals surface area contributed by atoms with E-state index in [4.69, 9.17) is 4.74 Å². The van der Waals surface area contributed by atoms with Gasteiger partial charge in [-0.25, -0.2) is 8.42 Å². The SMILES string of the molecule is CC1CCCC(C)N1C(=O)COC(=O)CN1CCS(=O)(=O)CC1. The summed E-state index contributed by atoms with van der Waals surface area (Å²) in [5.41, 5.74) is 0. The van der Waals surface area contributed by atoms with Gasteiger partial charge < -0.3 is 9.64 Å². The third kappa shape index (κ3) is 5.17. The molecule has 2 unspecified atom stereocenters. The van der Waals surface area contributed by atoms with Gasteiger partial charge in [0.1, 0.15) is 0 Å². The van der Waals surface area contributed by atoms with Crippen LogP contribution in [0.2, 0.25) is 0 Å². The van der Waals surface area contributed by atoms with Gasteiger partial charge in [-0.3, -0.25) is 14.5 Å². The Morgan fingerprint density at radius 1 is 1.09 bits per heavy atom. The van der Waals surface area contributed by atoms with Crippen LogP contribution in [0.15, 0.2) is 0 Å². The molecule has 0 N–H and O–H groups in total. The van der Waals surface area contributed by atoms with Crippen molar-refractivity contribution in [1.29, 1.82) is 0 Å². The van der Waals surface area contributed by atoms with E-state index in [1.165, 1.54) is 0 Å². The number of carbonyl (C=O) groups excluding carboxylic acids is 2. The monoisotopic (exact) mass is 346 g/mol. The maximum absolute atomic E-state index is 12.3. The van der Waals surface area contributed by atoms with E-state index < -0.39 is 15.8 Å². The third-order valence-corrected chi connectivity index (χ3v) is 6.24. The molecule has 7 nitrogen and oxygen atoms in total. The topological polar surface area (TPSA) is 84.0 Å². The fourth-order valence-electron chi connectivity index (χ4n) is 3.27. The van der Waals surface area contributed by atoms with Gasteiger partial charge in [-0.2, -0.15) is 0 Å². The van der Waals surface area contributed by atoms with Crippen LogP contribution in [0.3, 0.4) is 0 Å². The van der Waals surface area contributed by atoms with Crippen molar-refractivity contribution < 1.29 is 22.7 Å². The average molecular weight is 346 g/mol. The van der Waals surface area contributed by atoms with Crippen molar-refractivity contribution in [2.24, 2.45) is 0 Å². The molecule has 2 rings (SSSR count). The zero-order valence-corrected chi connectivity index (χ0v) is 14.7. The number of amides is 1. The molecule has 0 bridgehead atoms. The number of piperidine rings is 1. The number of likely N-dealkylation sites (tertiary alicyclic amines) is 1. The van der Waals surface area contributed by atoms with Crippen molar-refractivity contribution in [3.8, 4) is 0 Å². The number of ether oxygens (including phenoxy) is 1. The fraction of sp³-hybridized carbons (Fsp3) is 0.867. The number of sulfone groups is 1. The van der Waals surface area contributed by atoms with E-state index in [-0.39, 0.29) is 42.6 Å². The molecule has 0 saturated carbocycles. The summed E-state index contributed by atoms with van der Waals surface area (Å²) in [6, 6.07) is 0.356. The van der Waals surface area contributed by atoms with E-state index in [0.29, 0.717) is 13.1 Å². The first kappa shape index (κ1) is 18.2. The predicted octanol–water partition coefficient (Wildman–Crippen LogP) is 0.0495. The second-order valence-corrected chi connectivity index (χ2v) is 8.82. The molecular formula is C15H26N2O5S. The van der Waals surface area contributed by atoms with E-state index in [1.54, 1.807) is 4.90 Å². The fourth-order valence-corrected chi connectivity index (χ4v) is 4.54. The van der Waals surface area contributed by atoms with E-state index in [2.05, 4.69) is 0 Å². The molecule has 2 atom stereocenters. The van der Waals surface area contributed by atoms with E-state index in [1.807, 2.05) is 18.7 Å². The van der Waals surface area contributed by atoms with Gasteiger partial charge in [0, 0.05) is 25.2 Å². The first-order chi connectivity index (χ1) is 10.8. The number of rotatable bonds is 4. The number of hydrogen-bond acceptors (Lipinski definition) is 6. The molecule has 0 spiro atoms. The highest BCUT2D eigenvalue weighted by Gasteiger charge is 2.29. The molecule has 0 aliphatic carbocycles. The van der Waals surface area contributed by atoms with Gasteiger partial charge in [-0.05, 0) is 33.1 Å². The van der Waals surface area contributed by atoms with E-state index >= 15 is 0 Å². The quantitative estimate of drug-likeness (QED) is 0.669. The standard InChI is InChI=1S/C15H26N2O5S/c1-12-4-3-5-13(2)17(12)14(18)11-22-15(19)10-16-6-8-23(20,21)9-7-16/h12-13H,3-11H2,1-2H3. The maximum atomic E-state index is 12.3. The van der Waals surface area contributed by atoms with Crippen LogP contribution >= 0.6 is 0 Å². The number of esters is 1. The molecule has 132 valence electrons. The van der Waals surface area contributed by atoms with Crippen LogP contribution in [0.25, 0.3) is 0 Å². The summed E-state index contributed by atoms with van der Waals surface area (Å²) in [6.07, 6.45) is 3.07. The largest absolute Gasteiger partial charge is 0.455 e. The molecule has 2 heterocycles. The smallest absolute Gasteiger partial charge is 0.320 e. The molecule has 0 aromatic carbocycles. The highest BCUT2D eigenvalue weighted by atomic mass is 32.2. The highest BCUT2D eigenvalue weighted by molar-refractivity contribution is 7.91. The van der Waals surface area contributed by atoms with Gasteiger partial charge in [0.25, 0.3) is 5.91 Å². The predicted molar refractivity (Wildman–Crippen MR) is 85.7 cm³/mol. The first-order valence-corrected chi connectivity index (χ1v) is 10.0. The molecule has 2 aliphatic rings. The second kappa shape index (κ2) is 7.61. The van der Waals surface area contributed by atoms with Crippen molar-refractivity contribution in [1.82, 2.24) is 9.80 Å². The molecule has 0 radical (unpaired) electrons. The summed E-state index contributed by atoms with van der Waals surface area (Å²) in [5, 5.41) is 0. The summed E-state index contributed by atoms with van der Waals surface area (Å²) in [6.45, 7) is 4.51. The summed E-state index contributed by atoms with van der Waals surface area (Å²) in [5.74, 6) is -0.487. The van der Waals surface area contributed by atoms with E-state index in [9.17, 15) is 18.0 Å². The summed E-state index contributed by atoms with van der Waals surface area (Å²) in [4.78, 5) is 27.7. The number of hydrogen-bond donors (Lipinski definition) is 0. The lowest BCUT2D eigenvalue weighted by Gasteiger charge is -2.38. The van der Waals surface area contributed by atoms with Crippen LogP contribution in [0.5, 0.6) is 0 Å². The Hall–Kier alpha value is -1.15. The molecule has 8 heteroatoms. The van der Waals surface area contributed by atoms with Crippen LogP contribution in [-0.2, 0) is 24.2 Å². The Morgan fingerprint density at radius 2 is 1.65 bits per heavy atom. The molecule has 0 aromatic rings. The number of nitrogens with zero attached hydrogens (tertiary/aromatic N) is 2. The third-order valence-electron chi connectivity index (χ3n) is 4.63. The Bertz CT molecular complexity index is 524. The summed E-state index contributed by atoms with van der Waals surface area (Å²) in [7, 11) is -2.96. The zero-order chi connectivity index (χ0) is 17.0. The first-order valence-electron chi connectivity index (χ1n) is 8.18. The minimum Gasteiger partial charge on any atom is -0.455 e. The van der Waals surface area contributed by atoms with E-state index in [0.717, 1.165) is 19.3 Å². The van der Waals surface area contributed by atoms with Crippen molar-refractivity contribution in [3.63, 3.8) is 0 Å². The Morgan fingerprint density at radius 3 is 2.22 bits per heavy atom. The average Bonchev–Trinajstić information content (AvgIpc) is 2.47. The van der Waals surface area contributed by atoms with Crippen molar-refractivity contribution >= 4 is 21.7 Å². The molecule has 1 amide bonds. The van der Waals surface area contributed by atoms with Gasteiger partial charge >= 0.3 is 5.97 Å². The van der Waals surface area contributed by atoms with Crippen LogP contribution < -0.4 is 0 Å². The molecule has 23 heavy (non-hydrogen) atoms. The normalized spacial score (nSPS) is 28.3. The number of carbonyl (C=O) groups is 2. The minimum absolute atomic E-state index is 0.0356. The molecule has 2 saturated heterocycles. The van der Waals surface area contributed by atoms with Gasteiger partial charge in [-0.15, -0.1) is 0 Å². The lowest BCUT2D eigenvalue weighted by molar-refractivity contribution is -0.155.